The highest BCUT2D eigenvalue weighted by Crippen LogP contribution is 2.37. The van der Waals surface area contributed by atoms with Gasteiger partial charge < -0.3 is 57.4 Å². The topological polar surface area (TPSA) is 354 Å². The van der Waals surface area contributed by atoms with E-state index in [2.05, 4.69) is 46.4 Å². The number of hydrogen-bond donors (Lipinski definition) is 12. The van der Waals surface area contributed by atoms with Crippen LogP contribution in [0.4, 0.5) is 0 Å². The Hall–Kier alpha value is -5.41. The fourth-order valence-corrected chi connectivity index (χ4v) is 5.69. The molecule has 0 aliphatic heterocycles. The summed E-state index contributed by atoms with van der Waals surface area (Å²) in [5, 5.41) is 35.0. The lowest BCUT2D eigenvalue weighted by Crippen LogP contribution is -2.63. The van der Waals surface area contributed by atoms with Gasteiger partial charge >= 0.3 is 7.82 Å². The zero-order valence-corrected chi connectivity index (χ0v) is 33.1. The first-order chi connectivity index (χ1) is 26.5. The summed E-state index contributed by atoms with van der Waals surface area (Å²) in [5.41, 5.74) is 6.42. The lowest BCUT2D eigenvalue weighted by molar-refractivity contribution is -0.138. The molecular formula is C34H52N9O13P. The summed E-state index contributed by atoms with van der Waals surface area (Å²) in [6.07, 6.45) is 1.10. The smallest absolute Gasteiger partial charge is 0.404 e. The van der Waals surface area contributed by atoms with Gasteiger partial charge in [0.2, 0.25) is 41.4 Å². The van der Waals surface area contributed by atoms with Crippen LogP contribution in [0.15, 0.2) is 36.8 Å². The average molecular weight is 826 g/mol. The number of nitrogens with two attached hydrogens (primary N) is 1. The van der Waals surface area contributed by atoms with E-state index in [0.717, 1.165) is 6.92 Å². The maximum Gasteiger partial charge on any atom is 0.524 e. The van der Waals surface area contributed by atoms with Gasteiger partial charge in [0, 0.05) is 31.7 Å². The third-order valence-electron chi connectivity index (χ3n) is 8.29. The van der Waals surface area contributed by atoms with Gasteiger partial charge in [0.15, 0.2) is 0 Å². The van der Waals surface area contributed by atoms with Crippen LogP contribution >= 0.6 is 7.82 Å². The van der Waals surface area contributed by atoms with Crippen molar-refractivity contribution >= 4 is 49.2 Å². The number of carbonyl (C=O) groups excluding carboxylic acids is 7. The molecule has 1 heterocycles. The van der Waals surface area contributed by atoms with Crippen molar-refractivity contribution in [3.05, 3.63) is 48.0 Å². The summed E-state index contributed by atoms with van der Waals surface area (Å²) in [7, 11) is -4.83. The molecule has 57 heavy (non-hydrogen) atoms. The molecule has 22 nitrogen and oxygen atoms in total. The van der Waals surface area contributed by atoms with E-state index in [9.17, 15) is 48.3 Å². The zero-order valence-electron chi connectivity index (χ0n) is 32.2. The van der Waals surface area contributed by atoms with Crippen LogP contribution in [-0.2, 0) is 51.0 Å². The number of H-pyrrole nitrogens is 1. The minimum absolute atomic E-state index is 0.00404. The Kier molecular flexibility index (Phi) is 18.2. The lowest BCUT2D eigenvalue weighted by atomic mass is 9.98. The fourth-order valence-electron chi connectivity index (χ4n) is 5.30. The number of nitrogens with zero attached hydrogens (tertiary/aromatic N) is 1. The number of phosphoric ester groups is 1. The molecule has 0 fully saturated rings. The number of carbonyl (C=O) groups is 7. The van der Waals surface area contributed by atoms with Gasteiger partial charge in [0.25, 0.3) is 0 Å². The number of nitrogens with one attached hydrogen (secondary N) is 7. The summed E-state index contributed by atoms with van der Waals surface area (Å²) >= 11 is 0. The number of phosphoric acid groups is 1. The fraction of sp³-hybridized carbons (Fsp3) is 0.529. The normalized spacial score (nSPS) is 15.2. The number of aromatic amines is 1. The molecule has 0 aliphatic carbocycles. The number of aliphatic hydroxyl groups excluding tert-OH is 2. The first-order valence-electron chi connectivity index (χ1n) is 17.7. The van der Waals surface area contributed by atoms with Gasteiger partial charge in [-0.05, 0) is 36.5 Å². The first kappa shape index (κ1) is 47.7. The van der Waals surface area contributed by atoms with Crippen molar-refractivity contribution in [2.75, 3.05) is 6.61 Å². The van der Waals surface area contributed by atoms with E-state index in [1.807, 2.05) is 0 Å². The van der Waals surface area contributed by atoms with E-state index in [1.54, 1.807) is 27.7 Å². The van der Waals surface area contributed by atoms with Gasteiger partial charge in [-0.15, -0.1) is 0 Å². The number of benzene rings is 1. The molecule has 0 saturated heterocycles. The van der Waals surface area contributed by atoms with Crippen LogP contribution in [0.2, 0.25) is 0 Å². The highest BCUT2D eigenvalue weighted by atomic mass is 31.2. The van der Waals surface area contributed by atoms with Gasteiger partial charge in [0.1, 0.15) is 42.0 Å². The Morgan fingerprint density at radius 1 is 0.737 bits per heavy atom. The van der Waals surface area contributed by atoms with E-state index in [4.69, 9.17) is 15.5 Å². The molecule has 7 atom stereocenters. The van der Waals surface area contributed by atoms with Crippen LogP contribution in [0.1, 0.15) is 52.8 Å². The van der Waals surface area contributed by atoms with Gasteiger partial charge in [-0.25, -0.2) is 9.55 Å². The standard InChI is InChI=1S/C34H52N9O13P/c1-16(2)26(32(50)39-23(29(35)47)12-21-13-36-15-37-21)41-33(51)27(17(3)4)42-34(52)28(18(5)45)43-31(49)25(14-44)40-30(48)24(38-19(6)46)11-20-7-9-22(10-8-20)56-57(53,54)55/h7-10,13,15-18,23-28,44-45H,11-12,14H2,1-6H3,(H2,35,47)(H,36,37)(H,38,46)(H,39,50)(H,40,48)(H,41,51)(H,42,52)(H,43,49)(H2,53,54,55)/t18-,23+,24+,25+,26+,27+,28+/m1/s1. The summed E-state index contributed by atoms with van der Waals surface area (Å²) in [6, 6.07) is -3.18. The summed E-state index contributed by atoms with van der Waals surface area (Å²) in [5.74, 6) is -7.34. The van der Waals surface area contributed by atoms with Crippen molar-refractivity contribution in [1.82, 2.24) is 41.9 Å². The monoisotopic (exact) mass is 825 g/mol. The average Bonchev–Trinajstić information content (AvgIpc) is 3.62. The SMILES string of the molecule is CC(=O)N[C@@H](Cc1ccc(OP(=O)(O)O)cc1)C(=O)N[C@@H](CO)C(=O)N[C@H](C(=O)N[C@H](C(=O)N[C@H](C(=O)N[C@@H](Cc1cnc[nH]1)C(N)=O)C(C)C)C(C)C)[C@@H](C)O. The number of imidazole rings is 1. The largest absolute Gasteiger partial charge is 0.524 e. The molecule has 0 bridgehead atoms. The second-order valence-corrected chi connectivity index (χ2v) is 15.0. The molecule has 23 heteroatoms. The van der Waals surface area contributed by atoms with Crippen molar-refractivity contribution in [3.8, 4) is 5.75 Å². The highest BCUT2D eigenvalue weighted by Gasteiger charge is 2.36. The molecule has 0 aliphatic rings. The Bertz CT molecular complexity index is 1750. The van der Waals surface area contributed by atoms with Gasteiger partial charge in [-0.1, -0.05) is 39.8 Å². The van der Waals surface area contributed by atoms with E-state index >= 15 is 0 Å². The molecular weight excluding hydrogens is 773 g/mol. The lowest BCUT2D eigenvalue weighted by Gasteiger charge is -2.30. The third-order valence-corrected chi connectivity index (χ3v) is 8.74. The molecule has 13 N–H and O–H groups in total. The van der Waals surface area contributed by atoms with Crippen LogP contribution in [0.25, 0.3) is 0 Å². The Morgan fingerprint density at radius 3 is 1.67 bits per heavy atom. The van der Waals surface area contributed by atoms with Crippen molar-refractivity contribution in [2.45, 2.75) is 96.7 Å². The van der Waals surface area contributed by atoms with Crippen LogP contribution in [0.5, 0.6) is 5.75 Å². The van der Waals surface area contributed by atoms with E-state index in [1.165, 1.54) is 43.7 Å². The summed E-state index contributed by atoms with van der Waals surface area (Å²) in [4.78, 5) is 115. The molecule has 2 rings (SSSR count). The minimum Gasteiger partial charge on any atom is -0.404 e. The molecule has 7 amide bonds. The maximum absolute atomic E-state index is 13.5. The second-order valence-electron chi connectivity index (χ2n) is 13.9. The predicted molar refractivity (Wildman–Crippen MR) is 200 cm³/mol. The van der Waals surface area contributed by atoms with E-state index in [0.29, 0.717) is 11.3 Å². The molecule has 316 valence electrons. The Morgan fingerprint density at radius 2 is 1.23 bits per heavy atom. The highest BCUT2D eigenvalue weighted by molar-refractivity contribution is 7.46. The predicted octanol–water partition coefficient (Wildman–Crippen LogP) is -3.23. The maximum atomic E-state index is 13.5. The molecule has 0 saturated carbocycles. The molecule has 0 unspecified atom stereocenters. The number of aliphatic hydroxyl groups is 2. The second kappa shape index (κ2) is 21.8. The van der Waals surface area contributed by atoms with Gasteiger partial charge in [-0.3, -0.25) is 43.3 Å². The molecule has 1 aromatic carbocycles. The molecule has 2 aromatic rings. The number of primary amides is 1. The number of aromatic nitrogens is 2. The summed E-state index contributed by atoms with van der Waals surface area (Å²) in [6.45, 7) is 7.77. The first-order valence-corrected chi connectivity index (χ1v) is 19.2. The quantitative estimate of drug-likeness (QED) is 0.0520. The van der Waals surface area contributed by atoms with E-state index in [-0.39, 0.29) is 18.6 Å². The number of rotatable bonds is 22. The molecule has 1 aromatic heterocycles. The third kappa shape index (κ3) is 15.9. The van der Waals surface area contributed by atoms with Crippen LogP contribution in [0, 0.1) is 11.8 Å². The van der Waals surface area contributed by atoms with Gasteiger partial charge in [-0.2, -0.15) is 0 Å². The van der Waals surface area contributed by atoms with Crippen LogP contribution in [-0.4, -0.2) is 120 Å². The Labute approximate surface area is 328 Å². The number of amides is 7. The van der Waals surface area contributed by atoms with Crippen molar-refractivity contribution < 1.29 is 62.7 Å². The molecule has 0 radical (unpaired) electrons. The number of hydrogen-bond acceptors (Lipinski definition) is 12. The van der Waals surface area contributed by atoms with Crippen LogP contribution in [0.3, 0.4) is 0 Å². The van der Waals surface area contributed by atoms with Crippen LogP contribution < -0.4 is 42.2 Å². The van der Waals surface area contributed by atoms with Crippen molar-refractivity contribution in [2.24, 2.45) is 17.6 Å². The van der Waals surface area contributed by atoms with E-state index < -0.39 is 110 Å². The van der Waals surface area contributed by atoms with Gasteiger partial charge in [0.05, 0.1) is 19.0 Å². The van der Waals surface area contributed by atoms with Crippen molar-refractivity contribution in [1.29, 1.82) is 0 Å². The summed E-state index contributed by atoms with van der Waals surface area (Å²) < 4.78 is 15.6. The van der Waals surface area contributed by atoms with Crippen molar-refractivity contribution in [3.63, 3.8) is 0 Å². The Balaban J connectivity index is 2.16. The molecule has 0 spiro atoms. The zero-order chi connectivity index (χ0) is 43.2. The minimum atomic E-state index is -4.83.